The summed E-state index contributed by atoms with van der Waals surface area (Å²) < 4.78 is 7.65. The lowest BCUT2D eigenvalue weighted by molar-refractivity contribution is -0.121. The fourth-order valence-electron chi connectivity index (χ4n) is 3.57. The SMILES string of the molecule is O=C(Cn1cc(-c2nc(-c3cccc(Br)c3)no2)ccc1=O)NCCC1=CCCCC1. The highest BCUT2D eigenvalue weighted by Gasteiger charge is 2.13. The van der Waals surface area contributed by atoms with Crippen molar-refractivity contribution in [3.8, 4) is 22.8 Å². The van der Waals surface area contributed by atoms with Crippen LogP contribution in [0, 0.1) is 0 Å². The molecule has 0 radical (unpaired) electrons. The maximum absolute atomic E-state index is 12.3. The molecular weight excluding hydrogens is 460 g/mol. The number of carbonyl (C=O) groups is 1. The van der Waals surface area contributed by atoms with Gasteiger partial charge in [-0.15, -0.1) is 0 Å². The molecule has 2 aromatic heterocycles. The van der Waals surface area contributed by atoms with Gasteiger partial charge in [-0.05, 0) is 50.3 Å². The number of aromatic nitrogens is 3. The molecule has 1 aliphatic carbocycles. The van der Waals surface area contributed by atoms with Crippen molar-refractivity contribution in [2.45, 2.75) is 38.6 Å². The van der Waals surface area contributed by atoms with Crippen molar-refractivity contribution >= 4 is 21.8 Å². The molecule has 8 heteroatoms. The zero-order valence-electron chi connectivity index (χ0n) is 17.0. The van der Waals surface area contributed by atoms with Gasteiger partial charge in [-0.3, -0.25) is 9.59 Å². The zero-order valence-corrected chi connectivity index (χ0v) is 18.6. The minimum Gasteiger partial charge on any atom is -0.354 e. The third kappa shape index (κ3) is 5.58. The molecule has 31 heavy (non-hydrogen) atoms. The lowest BCUT2D eigenvalue weighted by atomic mass is 9.97. The minimum atomic E-state index is -0.263. The summed E-state index contributed by atoms with van der Waals surface area (Å²) in [6.45, 7) is 0.525. The Labute approximate surface area is 188 Å². The fraction of sp³-hybridized carbons (Fsp3) is 0.304. The van der Waals surface area contributed by atoms with E-state index in [4.69, 9.17) is 4.52 Å². The molecule has 1 aromatic carbocycles. The molecule has 160 valence electrons. The number of hydrogen-bond acceptors (Lipinski definition) is 5. The van der Waals surface area contributed by atoms with Crippen LogP contribution in [0.3, 0.4) is 0 Å². The molecule has 0 spiro atoms. The van der Waals surface area contributed by atoms with Crippen LogP contribution in [0.4, 0.5) is 0 Å². The predicted molar refractivity (Wildman–Crippen MR) is 121 cm³/mol. The zero-order chi connectivity index (χ0) is 21.6. The van der Waals surface area contributed by atoms with Gasteiger partial charge in [0.1, 0.15) is 6.54 Å². The summed E-state index contributed by atoms with van der Waals surface area (Å²) in [5.74, 6) is 0.535. The van der Waals surface area contributed by atoms with E-state index in [9.17, 15) is 9.59 Å². The van der Waals surface area contributed by atoms with Crippen LogP contribution in [0.15, 0.2) is 68.0 Å². The first-order chi connectivity index (χ1) is 15.1. The standard InChI is InChI=1S/C23H23BrN4O3/c24-19-8-4-7-17(13-19)22-26-23(31-27-22)18-9-10-21(30)28(14-18)15-20(29)25-12-11-16-5-2-1-3-6-16/h4-5,7-10,13-14H,1-3,6,11-12,15H2,(H,25,29). The van der Waals surface area contributed by atoms with Crippen LogP contribution in [0.25, 0.3) is 22.8 Å². The molecular formula is C23H23BrN4O3. The van der Waals surface area contributed by atoms with E-state index in [1.807, 2.05) is 24.3 Å². The first-order valence-electron chi connectivity index (χ1n) is 10.3. The Morgan fingerprint density at radius 1 is 1.19 bits per heavy atom. The first-order valence-corrected chi connectivity index (χ1v) is 11.1. The Morgan fingerprint density at radius 2 is 2.10 bits per heavy atom. The maximum atomic E-state index is 12.3. The molecule has 1 aliphatic rings. The van der Waals surface area contributed by atoms with Crippen LogP contribution in [0.2, 0.25) is 0 Å². The van der Waals surface area contributed by atoms with Gasteiger partial charge in [-0.1, -0.05) is 44.9 Å². The number of carbonyl (C=O) groups excluding carboxylic acids is 1. The van der Waals surface area contributed by atoms with E-state index >= 15 is 0 Å². The van der Waals surface area contributed by atoms with Crippen LogP contribution >= 0.6 is 15.9 Å². The smallest absolute Gasteiger partial charge is 0.259 e. The average molecular weight is 483 g/mol. The number of halogens is 1. The summed E-state index contributed by atoms with van der Waals surface area (Å²) in [5.41, 5.74) is 2.53. The number of rotatable bonds is 7. The Kier molecular flexibility index (Phi) is 6.76. The number of nitrogens with one attached hydrogen (secondary N) is 1. The molecule has 2 heterocycles. The monoisotopic (exact) mass is 482 g/mol. The number of nitrogens with zero attached hydrogens (tertiary/aromatic N) is 3. The Bertz CT molecular complexity index is 1170. The molecule has 4 rings (SSSR count). The van der Waals surface area contributed by atoms with E-state index in [1.54, 1.807) is 12.3 Å². The van der Waals surface area contributed by atoms with Gasteiger partial charge in [-0.25, -0.2) is 0 Å². The molecule has 0 saturated heterocycles. The van der Waals surface area contributed by atoms with Crippen molar-refractivity contribution in [3.63, 3.8) is 0 Å². The number of pyridine rings is 1. The van der Waals surface area contributed by atoms with Gasteiger partial charge >= 0.3 is 0 Å². The van der Waals surface area contributed by atoms with E-state index in [0.29, 0.717) is 17.9 Å². The van der Waals surface area contributed by atoms with Crippen molar-refractivity contribution in [1.29, 1.82) is 0 Å². The van der Waals surface area contributed by atoms with E-state index < -0.39 is 0 Å². The normalized spacial score (nSPS) is 13.6. The summed E-state index contributed by atoms with van der Waals surface area (Å²) in [6.07, 6.45) is 9.43. The van der Waals surface area contributed by atoms with Crippen molar-refractivity contribution < 1.29 is 9.32 Å². The Morgan fingerprint density at radius 3 is 2.90 bits per heavy atom. The van der Waals surface area contributed by atoms with Gasteiger partial charge in [0.15, 0.2) is 0 Å². The van der Waals surface area contributed by atoms with Crippen molar-refractivity contribution in [2.75, 3.05) is 6.54 Å². The highest BCUT2D eigenvalue weighted by atomic mass is 79.9. The average Bonchev–Trinajstić information content (AvgIpc) is 3.26. The van der Waals surface area contributed by atoms with E-state index in [2.05, 4.69) is 37.5 Å². The molecule has 3 aromatic rings. The lowest BCUT2D eigenvalue weighted by Crippen LogP contribution is -2.32. The minimum absolute atomic E-state index is 0.0572. The fourth-order valence-corrected chi connectivity index (χ4v) is 3.97. The molecule has 0 saturated carbocycles. The van der Waals surface area contributed by atoms with Crippen LogP contribution < -0.4 is 10.9 Å². The van der Waals surface area contributed by atoms with Crippen LogP contribution in [-0.4, -0.2) is 27.2 Å². The summed E-state index contributed by atoms with van der Waals surface area (Å²) in [4.78, 5) is 29.0. The third-order valence-electron chi connectivity index (χ3n) is 5.21. The number of allylic oxidation sites excluding steroid dienone is 1. The second-order valence-corrected chi connectivity index (χ2v) is 8.44. The lowest BCUT2D eigenvalue weighted by Gasteiger charge is -2.13. The molecule has 0 unspecified atom stereocenters. The highest BCUT2D eigenvalue weighted by Crippen LogP contribution is 2.24. The van der Waals surface area contributed by atoms with Crippen LogP contribution in [0.5, 0.6) is 0 Å². The van der Waals surface area contributed by atoms with Crippen LogP contribution in [0.1, 0.15) is 32.1 Å². The second-order valence-electron chi connectivity index (χ2n) is 7.53. The van der Waals surface area contributed by atoms with E-state index in [0.717, 1.165) is 29.3 Å². The van der Waals surface area contributed by atoms with Gasteiger partial charge in [0, 0.05) is 28.8 Å². The summed E-state index contributed by atoms with van der Waals surface area (Å²) in [5, 5.41) is 6.92. The number of amides is 1. The highest BCUT2D eigenvalue weighted by molar-refractivity contribution is 9.10. The van der Waals surface area contributed by atoms with Gasteiger partial charge < -0.3 is 14.4 Å². The molecule has 7 nitrogen and oxygen atoms in total. The summed E-state index contributed by atoms with van der Waals surface area (Å²) in [7, 11) is 0. The molecule has 1 N–H and O–H groups in total. The van der Waals surface area contributed by atoms with Crippen LogP contribution in [-0.2, 0) is 11.3 Å². The first kappa shape index (κ1) is 21.2. The third-order valence-corrected chi connectivity index (χ3v) is 5.70. The summed E-state index contributed by atoms with van der Waals surface area (Å²) in [6, 6.07) is 10.6. The molecule has 0 aliphatic heterocycles. The maximum Gasteiger partial charge on any atom is 0.259 e. The number of hydrogen-bond donors (Lipinski definition) is 1. The Balaban J connectivity index is 1.42. The van der Waals surface area contributed by atoms with Crippen molar-refractivity contribution in [3.05, 3.63) is 69.1 Å². The van der Waals surface area contributed by atoms with Crippen molar-refractivity contribution in [2.24, 2.45) is 0 Å². The van der Waals surface area contributed by atoms with Gasteiger partial charge in [0.05, 0.1) is 5.56 Å². The largest absolute Gasteiger partial charge is 0.354 e. The van der Waals surface area contributed by atoms with E-state index in [-0.39, 0.29) is 23.9 Å². The van der Waals surface area contributed by atoms with Crippen molar-refractivity contribution in [1.82, 2.24) is 20.0 Å². The molecule has 1 amide bonds. The summed E-state index contributed by atoms with van der Waals surface area (Å²) >= 11 is 3.43. The second kappa shape index (κ2) is 9.87. The predicted octanol–water partition coefficient (Wildman–Crippen LogP) is 4.33. The molecule has 0 fully saturated rings. The topological polar surface area (TPSA) is 90.0 Å². The van der Waals surface area contributed by atoms with E-state index in [1.165, 1.54) is 29.0 Å². The quantitative estimate of drug-likeness (QED) is 0.506. The molecule has 0 bridgehead atoms. The van der Waals surface area contributed by atoms with Gasteiger partial charge in [0.25, 0.3) is 11.4 Å². The molecule has 0 atom stereocenters. The number of benzene rings is 1. The van der Waals surface area contributed by atoms with Gasteiger partial charge in [-0.2, -0.15) is 4.98 Å². The Hall–Kier alpha value is -3.00. The van der Waals surface area contributed by atoms with Gasteiger partial charge in [0.2, 0.25) is 11.7 Å².